The van der Waals surface area contributed by atoms with Crippen LogP contribution in [0.2, 0.25) is 0 Å². The Kier molecular flexibility index (Phi) is 3.44. The number of nitriles is 1. The van der Waals surface area contributed by atoms with Crippen LogP contribution in [0, 0.1) is 11.3 Å². The van der Waals surface area contributed by atoms with E-state index in [-0.39, 0.29) is 6.04 Å². The highest BCUT2D eigenvalue weighted by Gasteiger charge is 2.07. The number of anilines is 1. The highest BCUT2D eigenvalue weighted by molar-refractivity contribution is 5.71. The van der Waals surface area contributed by atoms with E-state index < -0.39 is 0 Å². The number of hydrogen-bond acceptors (Lipinski definition) is 5. The van der Waals surface area contributed by atoms with Crippen molar-refractivity contribution < 1.29 is 0 Å². The Morgan fingerprint density at radius 3 is 2.57 bits per heavy atom. The van der Waals surface area contributed by atoms with E-state index in [9.17, 15) is 0 Å². The largest absolute Gasteiger partial charge is 0.363 e. The second-order valence-electron chi connectivity index (χ2n) is 4.70. The zero-order valence-electron chi connectivity index (χ0n) is 11.5. The van der Waals surface area contributed by atoms with E-state index in [4.69, 9.17) is 5.26 Å². The SMILES string of the molecule is CC(Nc1ccc2nccnc2n1)c1ccc(C#N)cc1. The van der Waals surface area contributed by atoms with Crippen LogP contribution in [-0.2, 0) is 0 Å². The van der Waals surface area contributed by atoms with Gasteiger partial charge >= 0.3 is 0 Å². The van der Waals surface area contributed by atoms with Gasteiger partial charge < -0.3 is 5.32 Å². The topological polar surface area (TPSA) is 74.5 Å². The average Bonchev–Trinajstić information content (AvgIpc) is 2.55. The molecule has 0 aliphatic rings. The summed E-state index contributed by atoms with van der Waals surface area (Å²) in [5, 5.41) is 12.1. The number of nitrogens with zero attached hydrogens (tertiary/aromatic N) is 4. The van der Waals surface area contributed by atoms with Crippen LogP contribution in [0.3, 0.4) is 0 Å². The molecule has 1 unspecified atom stereocenters. The number of pyridine rings is 1. The van der Waals surface area contributed by atoms with Crippen molar-refractivity contribution in [3.05, 3.63) is 59.9 Å². The molecule has 0 amide bonds. The lowest BCUT2D eigenvalue weighted by atomic mass is 10.1. The van der Waals surface area contributed by atoms with Crippen molar-refractivity contribution in [3.63, 3.8) is 0 Å². The van der Waals surface area contributed by atoms with Crippen LogP contribution in [0.25, 0.3) is 11.2 Å². The summed E-state index contributed by atoms with van der Waals surface area (Å²) in [5.74, 6) is 0.750. The molecule has 0 spiro atoms. The van der Waals surface area contributed by atoms with Crippen LogP contribution in [-0.4, -0.2) is 15.0 Å². The van der Waals surface area contributed by atoms with Crippen molar-refractivity contribution in [2.45, 2.75) is 13.0 Å². The van der Waals surface area contributed by atoms with Crippen LogP contribution < -0.4 is 5.32 Å². The van der Waals surface area contributed by atoms with Gasteiger partial charge in [0.2, 0.25) is 0 Å². The highest BCUT2D eigenvalue weighted by atomic mass is 15.0. The van der Waals surface area contributed by atoms with E-state index in [1.165, 1.54) is 0 Å². The molecule has 0 fully saturated rings. The third-order valence-corrected chi connectivity index (χ3v) is 3.24. The summed E-state index contributed by atoms with van der Waals surface area (Å²) in [4.78, 5) is 12.8. The Morgan fingerprint density at radius 1 is 1.05 bits per heavy atom. The summed E-state index contributed by atoms with van der Waals surface area (Å²) >= 11 is 0. The van der Waals surface area contributed by atoms with Crippen LogP contribution >= 0.6 is 0 Å². The Morgan fingerprint density at radius 2 is 1.81 bits per heavy atom. The molecule has 0 saturated heterocycles. The second-order valence-corrected chi connectivity index (χ2v) is 4.70. The minimum absolute atomic E-state index is 0.0827. The molecule has 5 heteroatoms. The molecular formula is C16H13N5. The first-order chi connectivity index (χ1) is 10.3. The molecule has 1 N–H and O–H groups in total. The summed E-state index contributed by atoms with van der Waals surface area (Å²) < 4.78 is 0. The summed E-state index contributed by atoms with van der Waals surface area (Å²) in [6.07, 6.45) is 3.28. The number of fused-ring (bicyclic) bond motifs is 1. The standard InChI is InChI=1S/C16H13N5/c1-11(13-4-2-12(10-17)3-5-13)20-15-7-6-14-16(21-15)19-9-8-18-14/h2-9,11H,1H3,(H,19,20,21). The predicted octanol–water partition coefficient (Wildman–Crippen LogP) is 3.07. The van der Waals surface area contributed by atoms with E-state index in [1.807, 2.05) is 43.3 Å². The van der Waals surface area contributed by atoms with Gasteiger partial charge in [0.15, 0.2) is 5.65 Å². The van der Waals surface area contributed by atoms with Crippen molar-refractivity contribution in [2.24, 2.45) is 0 Å². The summed E-state index contributed by atoms with van der Waals surface area (Å²) in [7, 11) is 0. The molecular weight excluding hydrogens is 262 g/mol. The lowest BCUT2D eigenvalue weighted by Gasteiger charge is -2.15. The third-order valence-electron chi connectivity index (χ3n) is 3.24. The maximum absolute atomic E-state index is 8.81. The summed E-state index contributed by atoms with van der Waals surface area (Å²) in [6, 6.07) is 13.5. The van der Waals surface area contributed by atoms with Crippen LogP contribution in [0.1, 0.15) is 24.1 Å². The molecule has 21 heavy (non-hydrogen) atoms. The number of rotatable bonds is 3. The Labute approximate surface area is 122 Å². The van der Waals surface area contributed by atoms with Crippen molar-refractivity contribution in [3.8, 4) is 6.07 Å². The quantitative estimate of drug-likeness (QED) is 0.795. The number of aromatic nitrogens is 3. The second kappa shape index (κ2) is 5.55. The smallest absolute Gasteiger partial charge is 0.180 e. The zero-order valence-corrected chi connectivity index (χ0v) is 11.5. The summed E-state index contributed by atoms with van der Waals surface area (Å²) in [6.45, 7) is 2.05. The van der Waals surface area contributed by atoms with Gasteiger partial charge in [0.1, 0.15) is 11.3 Å². The lowest BCUT2D eigenvalue weighted by molar-refractivity contribution is 0.875. The van der Waals surface area contributed by atoms with Gasteiger partial charge in [-0.05, 0) is 36.8 Å². The van der Waals surface area contributed by atoms with E-state index in [0.717, 1.165) is 16.9 Å². The normalized spacial score (nSPS) is 11.8. The minimum Gasteiger partial charge on any atom is -0.363 e. The van der Waals surface area contributed by atoms with Crippen molar-refractivity contribution in [1.29, 1.82) is 5.26 Å². The molecule has 5 nitrogen and oxygen atoms in total. The predicted molar refractivity (Wildman–Crippen MR) is 80.5 cm³/mol. The fourth-order valence-corrected chi connectivity index (χ4v) is 2.09. The van der Waals surface area contributed by atoms with Gasteiger partial charge in [-0.1, -0.05) is 12.1 Å². The lowest BCUT2D eigenvalue weighted by Crippen LogP contribution is -2.08. The van der Waals surface area contributed by atoms with E-state index in [1.54, 1.807) is 12.4 Å². The highest BCUT2D eigenvalue weighted by Crippen LogP contribution is 2.19. The fraction of sp³-hybridized carbons (Fsp3) is 0.125. The molecule has 0 radical (unpaired) electrons. The first kappa shape index (κ1) is 13.0. The molecule has 2 aromatic heterocycles. The van der Waals surface area contributed by atoms with Crippen molar-refractivity contribution in [2.75, 3.05) is 5.32 Å². The monoisotopic (exact) mass is 275 g/mol. The third kappa shape index (κ3) is 2.79. The number of hydrogen-bond donors (Lipinski definition) is 1. The Hall–Kier alpha value is -3.00. The Bertz CT molecular complexity index is 805. The maximum Gasteiger partial charge on any atom is 0.180 e. The average molecular weight is 275 g/mol. The summed E-state index contributed by atoms with van der Waals surface area (Å²) in [5.41, 5.74) is 3.14. The molecule has 1 aromatic carbocycles. The molecule has 0 aliphatic heterocycles. The van der Waals surface area contributed by atoms with Gasteiger partial charge in [0.05, 0.1) is 11.6 Å². The number of nitrogens with one attached hydrogen (secondary N) is 1. The fourth-order valence-electron chi connectivity index (χ4n) is 2.09. The molecule has 1 atom stereocenters. The van der Waals surface area contributed by atoms with E-state index in [2.05, 4.69) is 26.3 Å². The number of benzene rings is 1. The van der Waals surface area contributed by atoms with Gasteiger partial charge in [0, 0.05) is 18.4 Å². The minimum atomic E-state index is 0.0827. The Balaban J connectivity index is 1.81. The molecule has 0 saturated carbocycles. The molecule has 3 aromatic rings. The molecule has 2 heterocycles. The van der Waals surface area contributed by atoms with Crippen LogP contribution in [0.4, 0.5) is 5.82 Å². The molecule has 3 rings (SSSR count). The van der Waals surface area contributed by atoms with Crippen molar-refractivity contribution >= 4 is 17.0 Å². The molecule has 102 valence electrons. The van der Waals surface area contributed by atoms with Gasteiger partial charge in [-0.3, -0.25) is 4.98 Å². The zero-order chi connectivity index (χ0) is 14.7. The van der Waals surface area contributed by atoms with Gasteiger partial charge in [-0.25, -0.2) is 9.97 Å². The first-order valence-corrected chi connectivity index (χ1v) is 6.60. The van der Waals surface area contributed by atoms with Crippen molar-refractivity contribution in [1.82, 2.24) is 15.0 Å². The van der Waals surface area contributed by atoms with E-state index in [0.29, 0.717) is 11.2 Å². The van der Waals surface area contributed by atoms with Crippen LogP contribution in [0.15, 0.2) is 48.8 Å². The molecule has 0 bridgehead atoms. The van der Waals surface area contributed by atoms with Gasteiger partial charge in [-0.15, -0.1) is 0 Å². The molecule has 0 aliphatic carbocycles. The van der Waals surface area contributed by atoms with E-state index >= 15 is 0 Å². The van der Waals surface area contributed by atoms with Crippen LogP contribution in [0.5, 0.6) is 0 Å². The van der Waals surface area contributed by atoms with Gasteiger partial charge in [-0.2, -0.15) is 5.26 Å². The van der Waals surface area contributed by atoms with Gasteiger partial charge in [0.25, 0.3) is 0 Å². The first-order valence-electron chi connectivity index (χ1n) is 6.60. The maximum atomic E-state index is 8.81.